The highest BCUT2D eigenvalue weighted by molar-refractivity contribution is 6.01. The molecule has 2 rings (SSSR count). The molecule has 1 unspecified atom stereocenters. The standard InChI is InChI=1S/C12H13NO2.C3H6O2/c1-13-11(14)8-10(12(13)15-2)9-6-4-3-5-7-9;1-2-5-3-4/h3-8,12H,1-2H3;3H,2H2,1H3. The molecule has 20 heavy (non-hydrogen) atoms. The van der Waals surface area contributed by atoms with Crippen LogP contribution in [0.5, 0.6) is 0 Å². The van der Waals surface area contributed by atoms with Crippen LogP contribution in [-0.2, 0) is 19.1 Å². The fourth-order valence-corrected chi connectivity index (χ4v) is 1.84. The second kappa shape index (κ2) is 8.12. The summed E-state index contributed by atoms with van der Waals surface area (Å²) in [6.45, 7) is 2.66. The average molecular weight is 277 g/mol. The van der Waals surface area contributed by atoms with Crippen molar-refractivity contribution in [2.24, 2.45) is 0 Å². The van der Waals surface area contributed by atoms with Gasteiger partial charge in [-0.05, 0) is 12.5 Å². The van der Waals surface area contributed by atoms with Crippen molar-refractivity contribution in [3.8, 4) is 0 Å². The van der Waals surface area contributed by atoms with Gasteiger partial charge in [0.25, 0.3) is 6.47 Å². The number of methoxy groups -OCH3 is 1. The Hall–Kier alpha value is -2.14. The van der Waals surface area contributed by atoms with E-state index in [9.17, 15) is 9.59 Å². The number of ether oxygens (including phenoxy) is 2. The number of hydrogen-bond acceptors (Lipinski definition) is 4. The van der Waals surface area contributed by atoms with Gasteiger partial charge in [-0.15, -0.1) is 0 Å². The second-order valence-corrected chi connectivity index (χ2v) is 4.05. The van der Waals surface area contributed by atoms with E-state index in [0.29, 0.717) is 13.1 Å². The van der Waals surface area contributed by atoms with E-state index in [2.05, 4.69) is 4.74 Å². The van der Waals surface area contributed by atoms with E-state index in [1.54, 1.807) is 32.1 Å². The van der Waals surface area contributed by atoms with Gasteiger partial charge in [-0.25, -0.2) is 0 Å². The zero-order chi connectivity index (χ0) is 15.0. The lowest BCUT2D eigenvalue weighted by Gasteiger charge is -2.21. The molecule has 1 heterocycles. The van der Waals surface area contributed by atoms with E-state index in [4.69, 9.17) is 4.74 Å². The Morgan fingerprint density at radius 3 is 2.40 bits per heavy atom. The van der Waals surface area contributed by atoms with Gasteiger partial charge >= 0.3 is 0 Å². The Balaban J connectivity index is 0.000000347. The van der Waals surface area contributed by atoms with Crippen molar-refractivity contribution in [2.45, 2.75) is 13.2 Å². The monoisotopic (exact) mass is 277 g/mol. The SMILES string of the molecule is CCOC=O.COC1C(c2ccccc2)=CC(=O)N1C. The lowest BCUT2D eigenvalue weighted by Crippen LogP contribution is -2.32. The number of benzene rings is 1. The number of carbonyl (C=O) groups is 2. The van der Waals surface area contributed by atoms with Crippen molar-refractivity contribution >= 4 is 18.0 Å². The molecule has 1 amide bonds. The summed E-state index contributed by atoms with van der Waals surface area (Å²) in [5, 5.41) is 0. The molecule has 0 spiro atoms. The van der Waals surface area contributed by atoms with Crippen LogP contribution in [0, 0.1) is 0 Å². The Labute approximate surface area is 118 Å². The molecule has 0 aromatic heterocycles. The maximum atomic E-state index is 11.5. The summed E-state index contributed by atoms with van der Waals surface area (Å²) in [7, 11) is 3.35. The Morgan fingerprint density at radius 1 is 1.30 bits per heavy atom. The zero-order valence-corrected chi connectivity index (χ0v) is 11.9. The minimum Gasteiger partial charge on any atom is -0.468 e. The number of carbonyl (C=O) groups excluding carboxylic acids is 2. The van der Waals surface area contributed by atoms with Gasteiger partial charge in [0.2, 0.25) is 5.91 Å². The Kier molecular flexibility index (Phi) is 6.46. The molecular formula is C15H19NO4. The molecule has 0 saturated heterocycles. The van der Waals surface area contributed by atoms with Gasteiger partial charge in [0, 0.05) is 25.8 Å². The van der Waals surface area contributed by atoms with Crippen LogP contribution in [0.3, 0.4) is 0 Å². The highest BCUT2D eigenvalue weighted by Gasteiger charge is 2.30. The smallest absolute Gasteiger partial charge is 0.293 e. The fraction of sp³-hybridized carbons (Fsp3) is 0.333. The summed E-state index contributed by atoms with van der Waals surface area (Å²) >= 11 is 0. The number of hydrogen-bond donors (Lipinski definition) is 0. The molecule has 1 aliphatic rings. The summed E-state index contributed by atoms with van der Waals surface area (Å²) in [6.07, 6.45) is 1.36. The maximum Gasteiger partial charge on any atom is 0.293 e. The molecule has 0 saturated carbocycles. The number of rotatable bonds is 4. The molecule has 1 aromatic carbocycles. The second-order valence-electron chi connectivity index (χ2n) is 4.05. The van der Waals surface area contributed by atoms with Crippen molar-refractivity contribution in [2.75, 3.05) is 20.8 Å². The summed E-state index contributed by atoms with van der Waals surface area (Å²) in [6, 6.07) is 9.80. The lowest BCUT2D eigenvalue weighted by atomic mass is 10.1. The highest BCUT2D eigenvalue weighted by atomic mass is 16.5. The van der Waals surface area contributed by atoms with Crippen LogP contribution in [0.2, 0.25) is 0 Å². The Morgan fingerprint density at radius 2 is 1.95 bits per heavy atom. The third kappa shape index (κ3) is 3.93. The van der Waals surface area contributed by atoms with Gasteiger partial charge < -0.3 is 14.4 Å². The molecule has 1 aliphatic heterocycles. The molecule has 5 heteroatoms. The molecule has 0 aliphatic carbocycles. The third-order valence-electron chi connectivity index (χ3n) is 2.81. The molecule has 1 aromatic rings. The number of amides is 1. The quantitative estimate of drug-likeness (QED) is 0.786. The molecule has 0 N–H and O–H groups in total. The van der Waals surface area contributed by atoms with E-state index in [-0.39, 0.29) is 12.1 Å². The van der Waals surface area contributed by atoms with Gasteiger partial charge in [0.05, 0.1) is 6.61 Å². The number of likely N-dealkylation sites (N-methyl/N-ethyl adjacent to an activating group) is 1. The highest BCUT2D eigenvalue weighted by Crippen LogP contribution is 2.27. The van der Waals surface area contributed by atoms with Crippen LogP contribution in [0.4, 0.5) is 0 Å². The first-order chi connectivity index (χ1) is 9.65. The van der Waals surface area contributed by atoms with Crippen molar-refractivity contribution < 1.29 is 19.1 Å². The zero-order valence-electron chi connectivity index (χ0n) is 11.9. The van der Waals surface area contributed by atoms with Crippen molar-refractivity contribution in [3.63, 3.8) is 0 Å². The van der Waals surface area contributed by atoms with Crippen LogP contribution >= 0.6 is 0 Å². The summed E-state index contributed by atoms with van der Waals surface area (Å²) in [5.41, 5.74) is 1.95. The van der Waals surface area contributed by atoms with Crippen LogP contribution < -0.4 is 0 Å². The third-order valence-corrected chi connectivity index (χ3v) is 2.81. The largest absolute Gasteiger partial charge is 0.468 e. The van der Waals surface area contributed by atoms with Crippen LogP contribution in [-0.4, -0.2) is 44.3 Å². The predicted molar refractivity (Wildman–Crippen MR) is 75.7 cm³/mol. The first kappa shape index (κ1) is 15.9. The predicted octanol–water partition coefficient (Wildman–Crippen LogP) is 1.69. The van der Waals surface area contributed by atoms with E-state index in [0.717, 1.165) is 11.1 Å². The molecule has 5 nitrogen and oxygen atoms in total. The summed E-state index contributed by atoms with van der Waals surface area (Å²) < 4.78 is 9.45. The molecular weight excluding hydrogens is 258 g/mol. The van der Waals surface area contributed by atoms with Crippen LogP contribution in [0.15, 0.2) is 36.4 Å². The Bertz CT molecular complexity index is 470. The van der Waals surface area contributed by atoms with Crippen LogP contribution in [0.25, 0.3) is 5.57 Å². The molecule has 0 fully saturated rings. The first-order valence-electron chi connectivity index (χ1n) is 6.27. The molecule has 108 valence electrons. The van der Waals surface area contributed by atoms with Crippen molar-refractivity contribution in [1.29, 1.82) is 0 Å². The molecule has 0 radical (unpaired) electrons. The van der Waals surface area contributed by atoms with E-state index in [1.165, 1.54) is 0 Å². The van der Waals surface area contributed by atoms with Crippen molar-refractivity contribution in [3.05, 3.63) is 42.0 Å². The van der Waals surface area contributed by atoms with Gasteiger partial charge in [-0.3, -0.25) is 9.59 Å². The van der Waals surface area contributed by atoms with Crippen molar-refractivity contribution in [1.82, 2.24) is 4.90 Å². The van der Waals surface area contributed by atoms with E-state index >= 15 is 0 Å². The van der Waals surface area contributed by atoms with E-state index < -0.39 is 0 Å². The molecule has 0 bridgehead atoms. The fourth-order valence-electron chi connectivity index (χ4n) is 1.84. The molecule has 1 atom stereocenters. The summed E-state index contributed by atoms with van der Waals surface area (Å²) in [4.78, 5) is 22.3. The number of nitrogens with zero attached hydrogens (tertiary/aromatic N) is 1. The van der Waals surface area contributed by atoms with Gasteiger partial charge in [0.15, 0.2) is 6.23 Å². The maximum absolute atomic E-state index is 11.5. The van der Waals surface area contributed by atoms with Gasteiger partial charge in [-0.2, -0.15) is 0 Å². The van der Waals surface area contributed by atoms with E-state index in [1.807, 2.05) is 30.3 Å². The topological polar surface area (TPSA) is 55.8 Å². The van der Waals surface area contributed by atoms with Gasteiger partial charge in [0.1, 0.15) is 0 Å². The van der Waals surface area contributed by atoms with Gasteiger partial charge in [-0.1, -0.05) is 30.3 Å². The average Bonchev–Trinajstić information content (AvgIpc) is 2.77. The first-order valence-corrected chi connectivity index (χ1v) is 6.27. The minimum atomic E-state index is -0.264. The summed E-state index contributed by atoms with van der Waals surface area (Å²) in [5.74, 6) is -0.0132. The minimum absolute atomic E-state index is 0.0132. The normalized spacial score (nSPS) is 17.1. The lowest BCUT2D eigenvalue weighted by molar-refractivity contribution is -0.130. The van der Waals surface area contributed by atoms with Crippen LogP contribution in [0.1, 0.15) is 12.5 Å².